The van der Waals surface area contributed by atoms with Gasteiger partial charge in [-0.05, 0) is 48.4 Å². The van der Waals surface area contributed by atoms with Crippen molar-refractivity contribution in [2.75, 3.05) is 12.4 Å². The van der Waals surface area contributed by atoms with Crippen LogP contribution < -0.4 is 10.1 Å². The summed E-state index contributed by atoms with van der Waals surface area (Å²) in [7, 11) is 1.59. The summed E-state index contributed by atoms with van der Waals surface area (Å²) in [5.74, 6) is 0.325. The number of ether oxygens (including phenoxy) is 1. The maximum absolute atomic E-state index is 13.3. The highest BCUT2D eigenvalue weighted by Crippen LogP contribution is 2.30. The van der Waals surface area contributed by atoms with Gasteiger partial charge in [-0.2, -0.15) is 0 Å². The number of benzodiazepines with no additional fused rings is 1. The Labute approximate surface area is 146 Å². The van der Waals surface area contributed by atoms with Crippen molar-refractivity contribution in [2.24, 2.45) is 10.9 Å². The van der Waals surface area contributed by atoms with E-state index in [4.69, 9.17) is 9.73 Å². The van der Waals surface area contributed by atoms with Gasteiger partial charge < -0.3 is 10.1 Å². The minimum absolute atomic E-state index is 0.0895. The normalized spacial score (nSPS) is 17.8. The van der Waals surface area contributed by atoms with Gasteiger partial charge in [0.25, 0.3) is 0 Å². The van der Waals surface area contributed by atoms with Crippen molar-refractivity contribution in [1.29, 1.82) is 0 Å². The van der Waals surface area contributed by atoms with Crippen LogP contribution in [0.3, 0.4) is 0 Å². The van der Waals surface area contributed by atoms with E-state index in [0.29, 0.717) is 17.1 Å². The highest BCUT2D eigenvalue weighted by molar-refractivity contribution is 6.19. The third kappa shape index (κ3) is 3.40. The smallest absolute Gasteiger partial charge is 0.249 e. The quantitative estimate of drug-likeness (QED) is 0.913. The molecule has 4 nitrogen and oxygen atoms in total. The number of carbonyl (C=O) groups excluding carboxylic acids is 1. The standard InChI is InChI=1S/C20H21FN2O2/c1-4-12(2)18-20(24)22-17-10-9-15(25-3)11-16(17)19(23-18)13-5-7-14(21)8-6-13/h5-12,18H,4H2,1-3H3,(H,22,24)/t12-,18-/m0/s1. The Hall–Kier alpha value is -2.69. The molecule has 130 valence electrons. The summed E-state index contributed by atoms with van der Waals surface area (Å²) in [6.45, 7) is 4.04. The van der Waals surface area contributed by atoms with Crippen LogP contribution in [0.15, 0.2) is 47.5 Å². The van der Waals surface area contributed by atoms with Crippen LogP contribution in [0.4, 0.5) is 10.1 Å². The molecule has 2 atom stereocenters. The number of hydrogen-bond donors (Lipinski definition) is 1. The SMILES string of the molecule is CC[C@H](C)[C@@H]1N=C(c2ccc(F)cc2)c2cc(OC)ccc2NC1=O. The molecular formula is C20H21FN2O2. The van der Waals surface area contributed by atoms with Crippen molar-refractivity contribution in [1.82, 2.24) is 0 Å². The molecule has 0 saturated heterocycles. The summed E-state index contributed by atoms with van der Waals surface area (Å²) < 4.78 is 18.7. The van der Waals surface area contributed by atoms with Gasteiger partial charge in [0.05, 0.1) is 18.5 Å². The first-order chi connectivity index (χ1) is 12.0. The second kappa shape index (κ2) is 7.05. The molecule has 0 aliphatic carbocycles. The summed E-state index contributed by atoms with van der Waals surface area (Å²) in [6.07, 6.45) is 0.831. The lowest BCUT2D eigenvalue weighted by atomic mass is 9.98. The van der Waals surface area contributed by atoms with E-state index in [9.17, 15) is 9.18 Å². The third-order valence-electron chi connectivity index (χ3n) is 4.58. The molecule has 1 aliphatic rings. The molecule has 25 heavy (non-hydrogen) atoms. The van der Waals surface area contributed by atoms with E-state index in [0.717, 1.165) is 17.5 Å². The van der Waals surface area contributed by atoms with Crippen molar-refractivity contribution >= 4 is 17.3 Å². The van der Waals surface area contributed by atoms with Crippen LogP contribution in [0.25, 0.3) is 0 Å². The van der Waals surface area contributed by atoms with Gasteiger partial charge >= 0.3 is 0 Å². The molecule has 0 spiro atoms. The number of carbonyl (C=O) groups is 1. The zero-order valence-electron chi connectivity index (χ0n) is 14.5. The topological polar surface area (TPSA) is 50.7 Å². The summed E-state index contributed by atoms with van der Waals surface area (Å²) in [5, 5.41) is 2.97. The molecule has 5 heteroatoms. The van der Waals surface area contributed by atoms with Gasteiger partial charge in [0.15, 0.2) is 0 Å². The fourth-order valence-electron chi connectivity index (χ4n) is 2.88. The van der Waals surface area contributed by atoms with Crippen LogP contribution in [0.5, 0.6) is 5.75 Å². The number of nitrogens with one attached hydrogen (secondary N) is 1. The molecule has 2 aromatic carbocycles. The number of benzene rings is 2. The van der Waals surface area contributed by atoms with Gasteiger partial charge in [-0.25, -0.2) is 4.39 Å². The van der Waals surface area contributed by atoms with E-state index in [-0.39, 0.29) is 17.6 Å². The molecule has 0 unspecified atom stereocenters. The average molecular weight is 340 g/mol. The number of amides is 1. The molecule has 0 aromatic heterocycles. The molecule has 0 fully saturated rings. The monoisotopic (exact) mass is 340 g/mol. The molecule has 3 rings (SSSR count). The second-order valence-electron chi connectivity index (χ2n) is 6.22. The fourth-order valence-corrected chi connectivity index (χ4v) is 2.88. The number of anilines is 1. The van der Waals surface area contributed by atoms with Crippen molar-refractivity contribution in [3.63, 3.8) is 0 Å². The number of methoxy groups -OCH3 is 1. The Balaban J connectivity index is 2.20. The largest absolute Gasteiger partial charge is 0.497 e. The first kappa shape index (κ1) is 17.1. The predicted molar refractivity (Wildman–Crippen MR) is 96.9 cm³/mol. The van der Waals surface area contributed by atoms with Crippen molar-refractivity contribution in [3.8, 4) is 5.75 Å². The lowest BCUT2D eigenvalue weighted by Crippen LogP contribution is -2.31. The van der Waals surface area contributed by atoms with Gasteiger partial charge in [0, 0.05) is 11.1 Å². The number of halogens is 1. The Morgan fingerprint density at radius 2 is 1.96 bits per heavy atom. The zero-order valence-corrected chi connectivity index (χ0v) is 14.5. The molecule has 0 bridgehead atoms. The summed E-state index contributed by atoms with van der Waals surface area (Å²) >= 11 is 0. The second-order valence-corrected chi connectivity index (χ2v) is 6.22. The molecular weight excluding hydrogens is 319 g/mol. The van der Waals surface area contributed by atoms with Gasteiger partial charge in [0.2, 0.25) is 5.91 Å². The highest BCUT2D eigenvalue weighted by Gasteiger charge is 2.29. The first-order valence-corrected chi connectivity index (χ1v) is 8.36. The van der Waals surface area contributed by atoms with E-state index in [1.165, 1.54) is 12.1 Å². The van der Waals surface area contributed by atoms with Crippen LogP contribution in [-0.4, -0.2) is 24.8 Å². The molecule has 2 aromatic rings. The van der Waals surface area contributed by atoms with E-state index in [1.807, 2.05) is 26.0 Å². The van der Waals surface area contributed by atoms with Gasteiger partial charge in [0.1, 0.15) is 17.6 Å². The Morgan fingerprint density at radius 3 is 2.60 bits per heavy atom. The number of nitrogens with zero attached hydrogens (tertiary/aromatic N) is 1. The van der Waals surface area contributed by atoms with Crippen LogP contribution in [0.1, 0.15) is 31.4 Å². The molecule has 1 aliphatic heterocycles. The van der Waals surface area contributed by atoms with E-state index in [1.54, 1.807) is 25.3 Å². The Morgan fingerprint density at radius 1 is 1.24 bits per heavy atom. The number of aliphatic imine (C=N–C) groups is 1. The Bertz CT molecular complexity index is 815. The molecule has 0 saturated carbocycles. The van der Waals surface area contributed by atoms with Crippen LogP contribution in [-0.2, 0) is 4.79 Å². The minimum Gasteiger partial charge on any atom is -0.497 e. The minimum atomic E-state index is -0.497. The fraction of sp³-hybridized carbons (Fsp3) is 0.300. The molecule has 1 amide bonds. The number of fused-ring (bicyclic) bond motifs is 1. The predicted octanol–water partition coefficient (Wildman–Crippen LogP) is 4.04. The van der Waals surface area contributed by atoms with E-state index < -0.39 is 6.04 Å². The van der Waals surface area contributed by atoms with Crippen LogP contribution in [0, 0.1) is 11.7 Å². The lowest BCUT2D eigenvalue weighted by molar-refractivity contribution is -0.118. The van der Waals surface area contributed by atoms with Gasteiger partial charge in [-0.15, -0.1) is 0 Å². The van der Waals surface area contributed by atoms with Crippen molar-refractivity contribution < 1.29 is 13.9 Å². The number of rotatable bonds is 4. The lowest BCUT2D eigenvalue weighted by Gasteiger charge is -2.17. The first-order valence-electron chi connectivity index (χ1n) is 8.36. The van der Waals surface area contributed by atoms with E-state index in [2.05, 4.69) is 5.32 Å². The summed E-state index contributed by atoms with van der Waals surface area (Å²) in [4.78, 5) is 17.4. The summed E-state index contributed by atoms with van der Waals surface area (Å²) in [6, 6.07) is 11.1. The maximum atomic E-state index is 13.3. The van der Waals surface area contributed by atoms with Crippen LogP contribution >= 0.6 is 0 Å². The summed E-state index contributed by atoms with van der Waals surface area (Å²) in [5.41, 5.74) is 2.88. The molecule has 1 heterocycles. The third-order valence-corrected chi connectivity index (χ3v) is 4.58. The highest BCUT2D eigenvalue weighted by atomic mass is 19.1. The van der Waals surface area contributed by atoms with E-state index >= 15 is 0 Å². The van der Waals surface area contributed by atoms with Crippen molar-refractivity contribution in [3.05, 3.63) is 59.4 Å². The maximum Gasteiger partial charge on any atom is 0.249 e. The molecule has 1 N–H and O–H groups in total. The van der Waals surface area contributed by atoms with Gasteiger partial charge in [-0.3, -0.25) is 9.79 Å². The van der Waals surface area contributed by atoms with Gasteiger partial charge in [-0.1, -0.05) is 20.3 Å². The Kier molecular flexibility index (Phi) is 4.83. The van der Waals surface area contributed by atoms with Crippen molar-refractivity contribution in [2.45, 2.75) is 26.3 Å². The average Bonchev–Trinajstić information content (AvgIpc) is 2.77. The number of hydrogen-bond acceptors (Lipinski definition) is 3. The molecule has 0 radical (unpaired) electrons. The zero-order chi connectivity index (χ0) is 18.0. The van der Waals surface area contributed by atoms with Crippen LogP contribution in [0.2, 0.25) is 0 Å².